The first kappa shape index (κ1) is 17.3. The first-order valence-electron chi connectivity index (χ1n) is 7.80. The number of hydrogen-bond donors (Lipinski definition) is 1. The van der Waals surface area contributed by atoms with Crippen LogP contribution in [0.5, 0.6) is 0 Å². The monoisotopic (exact) mass is 373 g/mol. The number of benzene rings is 1. The van der Waals surface area contributed by atoms with Gasteiger partial charge in [0.15, 0.2) is 0 Å². The molecule has 3 atom stereocenters. The summed E-state index contributed by atoms with van der Waals surface area (Å²) in [6, 6.07) is 5.99. The maximum Gasteiger partial charge on any atom is 0.0838 e. The minimum atomic E-state index is -0.192. The van der Waals surface area contributed by atoms with Crippen molar-refractivity contribution < 1.29 is 4.74 Å². The molecule has 1 saturated carbocycles. The number of nitrogens with two attached hydrogens (primary N) is 1. The van der Waals surface area contributed by atoms with Crippen LogP contribution < -0.4 is 5.73 Å². The van der Waals surface area contributed by atoms with Gasteiger partial charge >= 0.3 is 0 Å². The normalized spacial score (nSPS) is 27.6. The second-order valence-electron chi connectivity index (χ2n) is 6.25. The maximum absolute atomic E-state index is 6.58. The number of hydrogen-bond acceptors (Lipinski definition) is 2. The van der Waals surface area contributed by atoms with Crippen LogP contribution in [0.3, 0.4) is 0 Å². The summed E-state index contributed by atoms with van der Waals surface area (Å²) in [4.78, 5) is 0. The lowest BCUT2D eigenvalue weighted by Crippen LogP contribution is -2.53. The lowest BCUT2D eigenvalue weighted by molar-refractivity contribution is -0.0925. The van der Waals surface area contributed by atoms with Crippen LogP contribution >= 0.6 is 27.5 Å². The van der Waals surface area contributed by atoms with E-state index in [9.17, 15) is 0 Å². The third-order valence-electron chi connectivity index (χ3n) is 4.55. The predicted octanol–water partition coefficient (Wildman–Crippen LogP) is 4.96. The zero-order valence-electron chi connectivity index (χ0n) is 12.9. The van der Waals surface area contributed by atoms with E-state index in [2.05, 4.69) is 35.8 Å². The summed E-state index contributed by atoms with van der Waals surface area (Å²) in [5, 5.41) is 0.773. The molecule has 0 aliphatic heterocycles. The molecule has 2 nitrogen and oxygen atoms in total. The standard InChI is InChI=1S/C17H25BrClNO/c1-3-21-17(8-4-5-12(2)11-17)16(20)9-13-6-7-14(18)10-15(13)19/h6-7,10,12,16H,3-5,8-9,11,20H2,1-2H3. The highest BCUT2D eigenvalue weighted by molar-refractivity contribution is 9.10. The van der Waals surface area contributed by atoms with Gasteiger partial charge in [-0.3, -0.25) is 0 Å². The van der Waals surface area contributed by atoms with Gasteiger partial charge in [0.2, 0.25) is 0 Å². The predicted molar refractivity (Wildman–Crippen MR) is 92.8 cm³/mol. The second kappa shape index (κ2) is 7.45. The minimum Gasteiger partial charge on any atom is -0.374 e. The Kier molecular flexibility index (Phi) is 6.13. The van der Waals surface area contributed by atoms with Crippen molar-refractivity contribution in [3.05, 3.63) is 33.3 Å². The summed E-state index contributed by atoms with van der Waals surface area (Å²) >= 11 is 9.78. The summed E-state index contributed by atoms with van der Waals surface area (Å²) in [5.74, 6) is 0.678. The molecule has 0 spiro atoms. The van der Waals surface area contributed by atoms with E-state index in [0.717, 1.165) is 34.3 Å². The topological polar surface area (TPSA) is 35.2 Å². The minimum absolute atomic E-state index is 0.0149. The zero-order valence-corrected chi connectivity index (χ0v) is 15.2. The van der Waals surface area contributed by atoms with Gasteiger partial charge in [-0.15, -0.1) is 0 Å². The van der Waals surface area contributed by atoms with Crippen molar-refractivity contribution in [2.24, 2.45) is 11.7 Å². The first-order chi connectivity index (χ1) is 9.97. The fourth-order valence-corrected chi connectivity index (χ4v) is 4.27. The highest BCUT2D eigenvalue weighted by atomic mass is 79.9. The molecule has 0 bridgehead atoms. The van der Waals surface area contributed by atoms with Crippen molar-refractivity contribution in [2.45, 2.75) is 57.6 Å². The van der Waals surface area contributed by atoms with Crippen LogP contribution in [-0.2, 0) is 11.2 Å². The fourth-order valence-electron chi connectivity index (χ4n) is 3.52. The van der Waals surface area contributed by atoms with E-state index >= 15 is 0 Å². The molecule has 1 aliphatic carbocycles. The van der Waals surface area contributed by atoms with Gasteiger partial charge in [-0.2, -0.15) is 0 Å². The van der Waals surface area contributed by atoms with Gasteiger partial charge in [0.05, 0.1) is 5.60 Å². The Morgan fingerprint density at radius 1 is 1.52 bits per heavy atom. The smallest absolute Gasteiger partial charge is 0.0838 e. The van der Waals surface area contributed by atoms with E-state index in [1.54, 1.807) is 0 Å². The SMILES string of the molecule is CCOC1(C(N)Cc2ccc(Br)cc2Cl)CCCC(C)C1. The summed E-state index contributed by atoms with van der Waals surface area (Å²) < 4.78 is 7.16. The number of rotatable bonds is 5. The van der Waals surface area contributed by atoms with Crippen molar-refractivity contribution in [2.75, 3.05) is 6.61 Å². The summed E-state index contributed by atoms with van der Waals surface area (Å²) in [5.41, 5.74) is 7.49. The highest BCUT2D eigenvalue weighted by Gasteiger charge is 2.41. The summed E-state index contributed by atoms with van der Waals surface area (Å²) in [7, 11) is 0. The van der Waals surface area contributed by atoms with Gasteiger partial charge in [-0.25, -0.2) is 0 Å². The van der Waals surface area contributed by atoms with Crippen LogP contribution in [0.1, 0.15) is 45.1 Å². The molecule has 0 amide bonds. The van der Waals surface area contributed by atoms with Crippen molar-refractivity contribution in [1.82, 2.24) is 0 Å². The Morgan fingerprint density at radius 3 is 2.90 bits per heavy atom. The van der Waals surface area contributed by atoms with Gasteiger partial charge in [0, 0.05) is 22.1 Å². The number of ether oxygens (including phenoxy) is 1. The molecule has 3 unspecified atom stereocenters. The molecule has 1 aromatic rings. The molecule has 1 fully saturated rings. The van der Waals surface area contributed by atoms with Crippen LogP contribution in [0.15, 0.2) is 22.7 Å². The van der Waals surface area contributed by atoms with Crippen LogP contribution in [0.25, 0.3) is 0 Å². The van der Waals surface area contributed by atoms with Crippen molar-refractivity contribution in [3.63, 3.8) is 0 Å². The van der Waals surface area contributed by atoms with Crippen molar-refractivity contribution >= 4 is 27.5 Å². The van der Waals surface area contributed by atoms with Gasteiger partial charge in [-0.05, 0) is 49.8 Å². The van der Waals surface area contributed by atoms with Crippen molar-refractivity contribution in [1.29, 1.82) is 0 Å². The Hall–Kier alpha value is -0.0900. The lowest BCUT2D eigenvalue weighted by atomic mass is 9.73. The molecular weight excluding hydrogens is 350 g/mol. The Morgan fingerprint density at radius 2 is 2.29 bits per heavy atom. The maximum atomic E-state index is 6.58. The molecule has 0 saturated heterocycles. The fraction of sp³-hybridized carbons (Fsp3) is 0.647. The van der Waals surface area contributed by atoms with Crippen LogP contribution in [0, 0.1) is 5.92 Å². The van der Waals surface area contributed by atoms with E-state index in [4.69, 9.17) is 22.1 Å². The molecule has 1 aliphatic rings. The van der Waals surface area contributed by atoms with Gasteiger partial charge in [0.25, 0.3) is 0 Å². The Balaban J connectivity index is 2.16. The van der Waals surface area contributed by atoms with Crippen LogP contribution in [0.2, 0.25) is 5.02 Å². The van der Waals surface area contributed by atoms with E-state index in [1.807, 2.05) is 12.1 Å². The third kappa shape index (κ3) is 4.22. The Labute approximate surface area is 141 Å². The van der Waals surface area contributed by atoms with Crippen LogP contribution in [0.4, 0.5) is 0 Å². The average Bonchev–Trinajstić information content (AvgIpc) is 2.42. The molecule has 4 heteroatoms. The zero-order chi connectivity index (χ0) is 15.5. The van der Waals surface area contributed by atoms with E-state index in [1.165, 1.54) is 12.8 Å². The lowest BCUT2D eigenvalue weighted by Gasteiger charge is -2.44. The molecule has 2 N–H and O–H groups in total. The van der Waals surface area contributed by atoms with E-state index < -0.39 is 0 Å². The molecule has 0 aromatic heterocycles. The molecule has 2 rings (SSSR count). The third-order valence-corrected chi connectivity index (χ3v) is 5.40. The molecule has 0 radical (unpaired) electrons. The van der Waals surface area contributed by atoms with E-state index in [-0.39, 0.29) is 11.6 Å². The van der Waals surface area contributed by atoms with Crippen LogP contribution in [-0.4, -0.2) is 18.2 Å². The van der Waals surface area contributed by atoms with Gasteiger partial charge in [0.1, 0.15) is 0 Å². The average molecular weight is 375 g/mol. The van der Waals surface area contributed by atoms with Gasteiger partial charge in [-0.1, -0.05) is 53.4 Å². The van der Waals surface area contributed by atoms with Gasteiger partial charge < -0.3 is 10.5 Å². The number of halogens is 2. The van der Waals surface area contributed by atoms with E-state index in [0.29, 0.717) is 12.5 Å². The first-order valence-corrected chi connectivity index (χ1v) is 8.97. The molecular formula is C17H25BrClNO. The molecule has 118 valence electrons. The second-order valence-corrected chi connectivity index (χ2v) is 7.57. The summed E-state index contributed by atoms with van der Waals surface area (Å²) in [6.45, 7) is 5.07. The molecule has 21 heavy (non-hydrogen) atoms. The largest absolute Gasteiger partial charge is 0.374 e. The summed E-state index contributed by atoms with van der Waals surface area (Å²) in [6.07, 6.45) is 5.35. The molecule has 0 heterocycles. The quantitative estimate of drug-likeness (QED) is 0.790. The highest BCUT2D eigenvalue weighted by Crippen LogP contribution is 2.38. The molecule has 1 aromatic carbocycles. The van der Waals surface area contributed by atoms with Crippen molar-refractivity contribution in [3.8, 4) is 0 Å². The Bertz CT molecular complexity index is 478.